The van der Waals surface area contributed by atoms with E-state index in [-0.39, 0.29) is 0 Å². The molecule has 0 aliphatic carbocycles. The standard InChI is InChI=1S/C18H26N2O/c1-14-4-6-17-16(13-14)3-2-12-20(17)18(21)7-5-15-8-10-19-11-9-15/h4,6,13,15,19H,2-3,5,7-12H2,1H3. The third-order valence-corrected chi connectivity index (χ3v) is 4.88. The van der Waals surface area contributed by atoms with Gasteiger partial charge in [-0.15, -0.1) is 0 Å². The Morgan fingerprint density at radius 2 is 2.14 bits per heavy atom. The molecule has 21 heavy (non-hydrogen) atoms. The van der Waals surface area contributed by atoms with Gasteiger partial charge in [-0.25, -0.2) is 0 Å². The Morgan fingerprint density at radius 1 is 1.33 bits per heavy atom. The first-order valence-electron chi connectivity index (χ1n) is 8.34. The van der Waals surface area contributed by atoms with Crippen LogP contribution in [0.2, 0.25) is 0 Å². The highest BCUT2D eigenvalue weighted by Gasteiger charge is 2.23. The van der Waals surface area contributed by atoms with E-state index >= 15 is 0 Å². The molecule has 2 aliphatic rings. The van der Waals surface area contributed by atoms with Crippen LogP contribution in [0, 0.1) is 12.8 Å². The molecule has 0 spiro atoms. The fourth-order valence-corrected chi connectivity index (χ4v) is 3.62. The van der Waals surface area contributed by atoms with Crippen LogP contribution in [0.1, 0.15) is 43.2 Å². The van der Waals surface area contributed by atoms with E-state index in [1.807, 2.05) is 4.90 Å². The maximum absolute atomic E-state index is 12.6. The van der Waals surface area contributed by atoms with Gasteiger partial charge >= 0.3 is 0 Å². The second kappa shape index (κ2) is 6.61. The summed E-state index contributed by atoms with van der Waals surface area (Å²) in [5, 5.41) is 3.39. The number of fused-ring (bicyclic) bond motifs is 1. The third-order valence-electron chi connectivity index (χ3n) is 4.88. The minimum Gasteiger partial charge on any atom is -0.317 e. The Kier molecular flexibility index (Phi) is 4.59. The van der Waals surface area contributed by atoms with E-state index in [0.29, 0.717) is 12.3 Å². The molecule has 2 heterocycles. The lowest BCUT2D eigenvalue weighted by Gasteiger charge is -2.30. The number of nitrogens with one attached hydrogen (secondary N) is 1. The van der Waals surface area contributed by atoms with Crippen LogP contribution in [0.4, 0.5) is 5.69 Å². The van der Waals surface area contributed by atoms with E-state index in [1.54, 1.807) is 0 Å². The van der Waals surface area contributed by atoms with Crippen LogP contribution in [0.5, 0.6) is 0 Å². The summed E-state index contributed by atoms with van der Waals surface area (Å²) in [5.74, 6) is 1.05. The van der Waals surface area contributed by atoms with Gasteiger partial charge < -0.3 is 10.2 Å². The summed E-state index contributed by atoms with van der Waals surface area (Å²) in [6.07, 6.45) is 6.41. The highest BCUT2D eigenvalue weighted by molar-refractivity contribution is 5.94. The van der Waals surface area contributed by atoms with Crippen LogP contribution in [0.25, 0.3) is 0 Å². The van der Waals surface area contributed by atoms with Crippen LogP contribution in [0.3, 0.4) is 0 Å². The molecule has 0 saturated carbocycles. The van der Waals surface area contributed by atoms with Gasteiger partial charge in [0.05, 0.1) is 0 Å². The summed E-state index contributed by atoms with van der Waals surface area (Å²) in [6, 6.07) is 6.49. The fraction of sp³-hybridized carbons (Fsp3) is 0.611. The lowest BCUT2D eigenvalue weighted by molar-refractivity contribution is -0.119. The summed E-state index contributed by atoms with van der Waals surface area (Å²) >= 11 is 0. The normalized spacial score (nSPS) is 19.4. The van der Waals surface area contributed by atoms with Crippen molar-refractivity contribution < 1.29 is 4.79 Å². The minimum absolute atomic E-state index is 0.318. The third kappa shape index (κ3) is 3.46. The van der Waals surface area contributed by atoms with Crippen molar-refractivity contribution in [3.05, 3.63) is 29.3 Å². The zero-order valence-electron chi connectivity index (χ0n) is 13.0. The number of hydrogen-bond donors (Lipinski definition) is 1. The number of anilines is 1. The van der Waals surface area contributed by atoms with E-state index in [9.17, 15) is 4.79 Å². The average Bonchev–Trinajstić information content (AvgIpc) is 2.52. The molecule has 1 saturated heterocycles. The molecule has 114 valence electrons. The van der Waals surface area contributed by atoms with E-state index in [1.165, 1.54) is 24.0 Å². The molecule has 3 heteroatoms. The molecular formula is C18H26N2O. The monoisotopic (exact) mass is 286 g/mol. The number of carbonyl (C=O) groups excluding carboxylic acids is 1. The predicted molar refractivity (Wildman–Crippen MR) is 86.7 cm³/mol. The highest BCUT2D eigenvalue weighted by Crippen LogP contribution is 2.29. The van der Waals surface area contributed by atoms with Gasteiger partial charge in [-0.1, -0.05) is 17.7 Å². The maximum atomic E-state index is 12.6. The Morgan fingerprint density at radius 3 is 2.95 bits per heavy atom. The molecule has 3 rings (SSSR count). The predicted octanol–water partition coefficient (Wildman–Crippen LogP) is 3.05. The fourth-order valence-electron chi connectivity index (χ4n) is 3.62. The molecule has 1 amide bonds. The Labute approximate surface area is 127 Å². The lowest BCUT2D eigenvalue weighted by atomic mass is 9.92. The Balaban J connectivity index is 1.63. The van der Waals surface area contributed by atoms with Crippen molar-refractivity contribution in [3.8, 4) is 0 Å². The molecule has 0 atom stereocenters. The number of aryl methyl sites for hydroxylation is 2. The van der Waals surface area contributed by atoms with Crippen LogP contribution in [0.15, 0.2) is 18.2 Å². The van der Waals surface area contributed by atoms with Gasteiger partial charge in [-0.2, -0.15) is 0 Å². The van der Waals surface area contributed by atoms with Crippen LogP contribution in [-0.4, -0.2) is 25.5 Å². The molecule has 0 radical (unpaired) electrons. The number of nitrogens with zero attached hydrogens (tertiary/aromatic N) is 1. The van der Waals surface area contributed by atoms with Gasteiger partial charge in [0.1, 0.15) is 0 Å². The van der Waals surface area contributed by atoms with Gasteiger partial charge in [-0.05, 0) is 69.7 Å². The molecule has 1 fully saturated rings. The quantitative estimate of drug-likeness (QED) is 0.926. The summed E-state index contributed by atoms with van der Waals surface area (Å²) < 4.78 is 0. The van der Waals surface area contributed by atoms with E-state index in [2.05, 4.69) is 30.4 Å². The molecule has 1 aromatic rings. The highest BCUT2D eigenvalue weighted by atomic mass is 16.2. The largest absolute Gasteiger partial charge is 0.317 e. The van der Waals surface area contributed by atoms with Crippen molar-refractivity contribution >= 4 is 11.6 Å². The minimum atomic E-state index is 0.318. The number of hydrogen-bond acceptors (Lipinski definition) is 2. The first-order valence-corrected chi connectivity index (χ1v) is 8.34. The maximum Gasteiger partial charge on any atom is 0.226 e. The zero-order valence-corrected chi connectivity index (χ0v) is 13.0. The van der Waals surface area contributed by atoms with Crippen molar-refractivity contribution in [2.75, 3.05) is 24.5 Å². The van der Waals surface area contributed by atoms with Gasteiger partial charge in [0.25, 0.3) is 0 Å². The van der Waals surface area contributed by atoms with E-state index < -0.39 is 0 Å². The van der Waals surface area contributed by atoms with Gasteiger partial charge in [0, 0.05) is 18.7 Å². The SMILES string of the molecule is Cc1ccc2c(c1)CCCN2C(=O)CCC1CCNCC1. The summed E-state index contributed by atoms with van der Waals surface area (Å²) in [6.45, 7) is 5.24. The smallest absolute Gasteiger partial charge is 0.226 e. The van der Waals surface area contributed by atoms with E-state index in [0.717, 1.165) is 50.5 Å². The average molecular weight is 286 g/mol. The van der Waals surface area contributed by atoms with Crippen molar-refractivity contribution in [2.24, 2.45) is 5.92 Å². The zero-order chi connectivity index (χ0) is 14.7. The Bertz CT molecular complexity index is 506. The number of amides is 1. The molecule has 0 unspecified atom stereocenters. The van der Waals surface area contributed by atoms with Crippen molar-refractivity contribution in [1.29, 1.82) is 0 Å². The van der Waals surface area contributed by atoms with Crippen LogP contribution in [-0.2, 0) is 11.2 Å². The second-order valence-corrected chi connectivity index (χ2v) is 6.51. The summed E-state index contributed by atoms with van der Waals surface area (Å²) in [4.78, 5) is 14.6. The van der Waals surface area contributed by atoms with Crippen LogP contribution >= 0.6 is 0 Å². The van der Waals surface area contributed by atoms with Crippen molar-refractivity contribution in [1.82, 2.24) is 5.32 Å². The van der Waals surface area contributed by atoms with E-state index in [4.69, 9.17) is 0 Å². The van der Waals surface area contributed by atoms with Gasteiger partial charge in [-0.3, -0.25) is 4.79 Å². The second-order valence-electron chi connectivity index (χ2n) is 6.51. The van der Waals surface area contributed by atoms with Gasteiger partial charge in [0.2, 0.25) is 5.91 Å². The lowest BCUT2D eigenvalue weighted by Crippen LogP contribution is -2.36. The molecule has 2 aliphatic heterocycles. The van der Waals surface area contributed by atoms with Crippen molar-refractivity contribution in [2.45, 2.75) is 45.4 Å². The van der Waals surface area contributed by atoms with Crippen LogP contribution < -0.4 is 10.2 Å². The summed E-state index contributed by atoms with van der Waals surface area (Å²) in [5.41, 5.74) is 3.79. The molecule has 1 N–H and O–H groups in total. The Hall–Kier alpha value is -1.35. The number of benzene rings is 1. The molecule has 0 bridgehead atoms. The first kappa shape index (κ1) is 14.6. The number of carbonyl (C=O) groups is 1. The molecular weight excluding hydrogens is 260 g/mol. The molecule has 0 aromatic heterocycles. The first-order chi connectivity index (χ1) is 10.2. The topological polar surface area (TPSA) is 32.3 Å². The number of piperidine rings is 1. The van der Waals surface area contributed by atoms with Crippen molar-refractivity contribution in [3.63, 3.8) is 0 Å². The molecule has 3 nitrogen and oxygen atoms in total. The molecule has 1 aromatic carbocycles. The number of rotatable bonds is 3. The van der Waals surface area contributed by atoms with Gasteiger partial charge in [0.15, 0.2) is 0 Å². The summed E-state index contributed by atoms with van der Waals surface area (Å²) in [7, 11) is 0.